The second kappa shape index (κ2) is 8.70. The third kappa shape index (κ3) is 6.52. The first-order valence-electron chi connectivity index (χ1n) is 8.81. The number of rotatable bonds is 8. The van der Waals surface area contributed by atoms with Crippen molar-refractivity contribution in [2.24, 2.45) is 0 Å². The monoisotopic (exact) mass is 334 g/mol. The van der Waals surface area contributed by atoms with Crippen molar-refractivity contribution >= 4 is 14.4 Å². The quantitative estimate of drug-likeness (QED) is 0.465. The van der Waals surface area contributed by atoms with Crippen LogP contribution in [-0.4, -0.2) is 19.5 Å². The van der Waals surface area contributed by atoms with Crippen LogP contribution in [0.4, 0.5) is 0 Å². The summed E-state index contributed by atoms with van der Waals surface area (Å²) in [6, 6.07) is 8.11. The number of hydrogen-bond donors (Lipinski definition) is 1. The van der Waals surface area contributed by atoms with E-state index in [2.05, 4.69) is 46.9 Å². The summed E-state index contributed by atoms with van der Waals surface area (Å²) in [7, 11) is -1.86. The van der Waals surface area contributed by atoms with Crippen molar-refractivity contribution in [2.45, 2.75) is 77.6 Å². The van der Waals surface area contributed by atoms with E-state index >= 15 is 0 Å². The molecular formula is C20H34O2Si. The summed E-state index contributed by atoms with van der Waals surface area (Å²) in [5.74, 6) is 0.927. The van der Waals surface area contributed by atoms with E-state index in [-0.39, 0.29) is 11.1 Å². The van der Waals surface area contributed by atoms with Gasteiger partial charge < -0.3 is 9.53 Å². The highest BCUT2D eigenvalue weighted by atomic mass is 28.4. The SMILES string of the molecule is CCCCCC(O)C=Cc1ccccc1O[Si](C)(C)C(C)(C)C. The Bertz CT molecular complexity index is 501. The lowest BCUT2D eigenvalue weighted by Crippen LogP contribution is -2.44. The Morgan fingerprint density at radius 3 is 2.43 bits per heavy atom. The first kappa shape index (κ1) is 20.0. The zero-order valence-corrected chi connectivity index (χ0v) is 16.7. The first-order chi connectivity index (χ1) is 10.7. The maximum atomic E-state index is 10.1. The Balaban J connectivity index is 2.82. The van der Waals surface area contributed by atoms with Crippen LogP contribution in [0, 0.1) is 0 Å². The summed E-state index contributed by atoms with van der Waals surface area (Å²) in [5, 5.41) is 10.2. The maximum Gasteiger partial charge on any atom is 0.250 e. The molecule has 2 nitrogen and oxygen atoms in total. The number of unbranched alkanes of at least 4 members (excludes halogenated alkanes) is 2. The Labute approximate surface area is 143 Å². The molecule has 0 bridgehead atoms. The molecule has 0 heterocycles. The molecule has 23 heavy (non-hydrogen) atoms. The van der Waals surface area contributed by atoms with Gasteiger partial charge in [0.25, 0.3) is 8.32 Å². The van der Waals surface area contributed by atoms with Crippen LogP contribution < -0.4 is 4.43 Å². The summed E-state index contributed by atoms with van der Waals surface area (Å²) < 4.78 is 6.43. The predicted molar refractivity (Wildman–Crippen MR) is 103 cm³/mol. The molecule has 0 amide bonds. The van der Waals surface area contributed by atoms with Gasteiger partial charge in [0.1, 0.15) is 5.75 Å². The fraction of sp³-hybridized carbons (Fsp3) is 0.600. The minimum absolute atomic E-state index is 0.170. The van der Waals surface area contributed by atoms with Gasteiger partial charge in [-0.25, -0.2) is 0 Å². The van der Waals surface area contributed by atoms with Crippen molar-refractivity contribution in [3.05, 3.63) is 35.9 Å². The lowest BCUT2D eigenvalue weighted by molar-refractivity contribution is 0.209. The molecule has 130 valence electrons. The second-order valence-corrected chi connectivity index (χ2v) is 12.5. The number of hydrogen-bond acceptors (Lipinski definition) is 2. The van der Waals surface area contributed by atoms with Gasteiger partial charge in [-0.1, -0.05) is 77.3 Å². The van der Waals surface area contributed by atoms with Gasteiger partial charge in [0.15, 0.2) is 0 Å². The lowest BCUT2D eigenvalue weighted by atomic mass is 10.1. The van der Waals surface area contributed by atoms with Crippen LogP contribution in [-0.2, 0) is 0 Å². The van der Waals surface area contributed by atoms with Gasteiger partial charge in [0, 0.05) is 5.56 Å². The molecule has 1 N–H and O–H groups in total. The second-order valence-electron chi connectivity index (χ2n) is 7.82. The summed E-state index contributed by atoms with van der Waals surface area (Å²) in [6.07, 6.45) is 7.78. The highest BCUT2D eigenvalue weighted by Crippen LogP contribution is 2.38. The van der Waals surface area contributed by atoms with Crippen molar-refractivity contribution in [1.29, 1.82) is 0 Å². The molecule has 3 heteroatoms. The van der Waals surface area contributed by atoms with Gasteiger partial charge in [-0.15, -0.1) is 0 Å². The van der Waals surface area contributed by atoms with Crippen LogP contribution in [0.2, 0.25) is 18.1 Å². The Morgan fingerprint density at radius 1 is 1.17 bits per heavy atom. The lowest BCUT2D eigenvalue weighted by Gasteiger charge is -2.36. The molecule has 0 aliphatic rings. The predicted octanol–water partition coefficient (Wildman–Crippen LogP) is 6.03. The van der Waals surface area contributed by atoms with Crippen molar-refractivity contribution in [3.63, 3.8) is 0 Å². The van der Waals surface area contributed by atoms with E-state index in [0.717, 1.165) is 24.2 Å². The first-order valence-corrected chi connectivity index (χ1v) is 11.7. The standard InChI is InChI=1S/C20H34O2Si/c1-7-8-9-13-18(21)16-15-17-12-10-11-14-19(17)22-23(5,6)20(2,3)4/h10-12,14-16,18,21H,7-9,13H2,1-6H3. The van der Waals surface area contributed by atoms with Crippen LogP contribution in [0.15, 0.2) is 30.3 Å². The molecule has 1 atom stereocenters. The summed E-state index contributed by atoms with van der Waals surface area (Å²) in [4.78, 5) is 0. The topological polar surface area (TPSA) is 29.5 Å². The van der Waals surface area contributed by atoms with Gasteiger partial charge in [-0.3, -0.25) is 0 Å². The largest absolute Gasteiger partial charge is 0.543 e. The molecule has 0 aliphatic carbocycles. The van der Waals surface area contributed by atoms with E-state index in [0.29, 0.717) is 0 Å². The molecule has 0 spiro atoms. The molecule has 1 unspecified atom stereocenters. The van der Waals surface area contributed by atoms with Crippen molar-refractivity contribution in [3.8, 4) is 5.75 Å². The van der Waals surface area contributed by atoms with Crippen LogP contribution in [0.5, 0.6) is 5.75 Å². The average Bonchev–Trinajstić information content (AvgIpc) is 2.45. The number of para-hydroxylation sites is 1. The third-order valence-electron chi connectivity index (χ3n) is 4.69. The Kier molecular flexibility index (Phi) is 7.55. The fourth-order valence-electron chi connectivity index (χ4n) is 2.05. The van der Waals surface area contributed by atoms with Gasteiger partial charge >= 0.3 is 0 Å². The van der Waals surface area contributed by atoms with Gasteiger partial charge in [0.2, 0.25) is 0 Å². The molecule has 1 aromatic rings. The molecule has 0 saturated heterocycles. The van der Waals surface area contributed by atoms with E-state index < -0.39 is 8.32 Å². The van der Waals surface area contributed by atoms with Crippen LogP contribution in [0.25, 0.3) is 6.08 Å². The third-order valence-corrected chi connectivity index (χ3v) is 9.03. The van der Waals surface area contributed by atoms with Crippen molar-refractivity contribution < 1.29 is 9.53 Å². The Hall–Kier alpha value is -1.06. The molecule has 0 aromatic heterocycles. The smallest absolute Gasteiger partial charge is 0.250 e. The van der Waals surface area contributed by atoms with Gasteiger partial charge in [0.05, 0.1) is 6.10 Å². The zero-order chi connectivity index (χ0) is 17.5. The molecule has 0 fully saturated rings. The van der Waals surface area contributed by atoms with Crippen molar-refractivity contribution in [1.82, 2.24) is 0 Å². The minimum Gasteiger partial charge on any atom is -0.543 e. The molecule has 1 aromatic carbocycles. The van der Waals surface area contributed by atoms with E-state index in [4.69, 9.17) is 4.43 Å². The van der Waals surface area contributed by atoms with Crippen molar-refractivity contribution in [2.75, 3.05) is 0 Å². The Morgan fingerprint density at radius 2 is 1.83 bits per heavy atom. The van der Waals surface area contributed by atoms with Gasteiger partial charge in [-0.05, 0) is 30.6 Å². The summed E-state index contributed by atoms with van der Waals surface area (Å²) in [5.41, 5.74) is 1.05. The molecule has 1 rings (SSSR count). The minimum atomic E-state index is -1.86. The number of benzene rings is 1. The summed E-state index contributed by atoms with van der Waals surface area (Å²) >= 11 is 0. The molecule has 0 radical (unpaired) electrons. The highest BCUT2D eigenvalue weighted by molar-refractivity contribution is 6.74. The van der Waals surface area contributed by atoms with E-state index in [1.54, 1.807) is 0 Å². The molecular weight excluding hydrogens is 300 g/mol. The zero-order valence-electron chi connectivity index (χ0n) is 15.7. The molecule has 0 aliphatic heterocycles. The van der Waals surface area contributed by atoms with Crippen LogP contribution >= 0.6 is 0 Å². The number of aliphatic hydroxyl groups excluding tert-OH is 1. The fourth-order valence-corrected chi connectivity index (χ4v) is 3.10. The van der Waals surface area contributed by atoms with E-state index in [1.165, 1.54) is 12.8 Å². The summed E-state index contributed by atoms with van der Waals surface area (Å²) in [6.45, 7) is 13.4. The van der Waals surface area contributed by atoms with E-state index in [1.807, 2.05) is 30.4 Å². The van der Waals surface area contributed by atoms with Gasteiger partial charge in [-0.2, -0.15) is 0 Å². The highest BCUT2D eigenvalue weighted by Gasteiger charge is 2.39. The number of aliphatic hydroxyl groups is 1. The maximum absolute atomic E-state index is 10.1. The average molecular weight is 335 g/mol. The van der Waals surface area contributed by atoms with Crippen LogP contribution in [0.3, 0.4) is 0 Å². The normalized spacial score (nSPS) is 14.2. The molecule has 0 saturated carbocycles. The van der Waals surface area contributed by atoms with Crippen LogP contribution in [0.1, 0.15) is 58.9 Å². The van der Waals surface area contributed by atoms with E-state index in [9.17, 15) is 5.11 Å².